The molecule has 2 aromatic rings. The van der Waals surface area contributed by atoms with E-state index >= 15 is 0 Å². The Balaban J connectivity index is 1.78. The molecule has 0 saturated heterocycles. The number of ether oxygens (including phenoxy) is 1. The van der Waals surface area contributed by atoms with Crippen LogP contribution in [0.25, 0.3) is 10.9 Å². The Morgan fingerprint density at radius 2 is 1.97 bits per heavy atom. The fraction of sp³-hybridized carbons (Fsp3) is 0.500. The number of nitrogens with one attached hydrogen (secondary N) is 3. The Kier molecular flexibility index (Phi) is 9.36. The van der Waals surface area contributed by atoms with Crippen LogP contribution in [0.3, 0.4) is 0 Å². The first-order chi connectivity index (χ1) is 16.8. The van der Waals surface area contributed by atoms with E-state index in [1.54, 1.807) is 19.2 Å². The predicted octanol–water partition coefficient (Wildman–Crippen LogP) is 2.22. The number of carbonyl (C=O) groups is 4. The number of primary amides is 1. The van der Waals surface area contributed by atoms with Crippen molar-refractivity contribution in [3.63, 3.8) is 0 Å². The first-order valence-electron chi connectivity index (χ1n) is 11.7. The third-order valence-corrected chi connectivity index (χ3v) is 6.48. The zero-order valence-corrected chi connectivity index (χ0v) is 20.5. The average molecular weight is 506 g/mol. The zero-order valence-electron chi connectivity index (χ0n) is 19.8. The summed E-state index contributed by atoms with van der Waals surface area (Å²) in [5.74, 6) is -1.69. The normalized spacial score (nSPS) is 14.8. The molecule has 4 amide bonds. The lowest BCUT2D eigenvalue weighted by molar-refractivity contribution is -0.141. The highest BCUT2D eigenvalue weighted by Crippen LogP contribution is 2.28. The molecule has 0 spiro atoms. The molecule has 1 fully saturated rings. The van der Waals surface area contributed by atoms with Crippen molar-refractivity contribution in [2.45, 2.75) is 51.0 Å². The number of H-pyrrole nitrogens is 1. The summed E-state index contributed by atoms with van der Waals surface area (Å²) in [5, 5.41) is 4.55. The fourth-order valence-electron chi connectivity index (χ4n) is 4.40. The van der Waals surface area contributed by atoms with E-state index in [1.165, 1.54) is 0 Å². The molecule has 11 heteroatoms. The number of rotatable bonds is 10. The summed E-state index contributed by atoms with van der Waals surface area (Å²) in [4.78, 5) is 52.8. The van der Waals surface area contributed by atoms with Gasteiger partial charge >= 0.3 is 0 Å². The number of halogens is 1. The van der Waals surface area contributed by atoms with Crippen molar-refractivity contribution in [1.82, 2.24) is 20.7 Å². The summed E-state index contributed by atoms with van der Waals surface area (Å²) in [5.41, 5.74) is 8.72. The van der Waals surface area contributed by atoms with Gasteiger partial charge in [-0.1, -0.05) is 38.2 Å². The van der Waals surface area contributed by atoms with Crippen LogP contribution in [0.2, 0.25) is 0 Å². The number of hydrazine groups is 1. The zero-order chi connectivity index (χ0) is 25.4. The van der Waals surface area contributed by atoms with Crippen molar-refractivity contribution in [3.8, 4) is 5.75 Å². The van der Waals surface area contributed by atoms with Crippen LogP contribution < -0.4 is 21.2 Å². The molecule has 1 atom stereocenters. The SMILES string of the molecule is COc1cccc2[nH]c(C(=O)N[C@@H](CC3CCCCC3)C(=O)NN(CCC(N)=O)C(=O)CCl)cc12. The van der Waals surface area contributed by atoms with Crippen LogP contribution in [0, 0.1) is 5.92 Å². The van der Waals surface area contributed by atoms with E-state index < -0.39 is 29.7 Å². The number of aromatic amines is 1. The van der Waals surface area contributed by atoms with Gasteiger partial charge in [0, 0.05) is 17.3 Å². The number of methoxy groups -OCH3 is 1. The lowest BCUT2D eigenvalue weighted by atomic mass is 9.84. The maximum absolute atomic E-state index is 13.2. The van der Waals surface area contributed by atoms with Crippen molar-refractivity contribution in [2.24, 2.45) is 11.7 Å². The van der Waals surface area contributed by atoms with Gasteiger partial charge in [-0.05, 0) is 30.5 Å². The summed E-state index contributed by atoms with van der Waals surface area (Å²) in [6.45, 7) is -0.113. The highest BCUT2D eigenvalue weighted by Gasteiger charge is 2.29. The molecule has 3 rings (SSSR count). The van der Waals surface area contributed by atoms with Crippen LogP contribution in [0.15, 0.2) is 24.3 Å². The molecule has 1 aliphatic rings. The second-order valence-corrected chi connectivity index (χ2v) is 9.01. The van der Waals surface area contributed by atoms with Gasteiger partial charge in [0.2, 0.25) is 5.91 Å². The highest BCUT2D eigenvalue weighted by molar-refractivity contribution is 6.27. The van der Waals surface area contributed by atoms with Gasteiger partial charge in [-0.15, -0.1) is 11.6 Å². The lowest BCUT2D eigenvalue weighted by Crippen LogP contribution is -2.55. The molecule has 0 unspecified atom stereocenters. The van der Waals surface area contributed by atoms with Crippen molar-refractivity contribution >= 4 is 46.1 Å². The standard InChI is InChI=1S/C24H32ClN5O5/c1-35-20-9-5-8-17-16(20)13-19(27-17)23(33)28-18(12-15-6-3-2-4-7-15)24(34)29-30(22(32)14-25)11-10-21(26)31/h5,8-9,13,15,18,27H,2-4,6-7,10-12,14H2,1H3,(H2,26,31)(H,28,33)(H,29,34)/t18-/m0/s1. The molecule has 1 heterocycles. The topological polar surface area (TPSA) is 147 Å². The van der Waals surface area contributed by atoms with E-state index in [-0.39, 0.29) is 30.5 Å². The second-order valence-electron chi connectivity index (χ2n) is 8.74. The predicted molar refractivity (Wildman–Crippen MR) is 132 cm³/mol. The van der Waals surface area contributed by atoms with Gasteiger partial charge in [-0.2, -0.15) is 0 Å². The Bertz CT molecular complexity index is 1070. The molecule has 1 aromatic heterocycles. The number of benzene rings is 1. The van der Waals surface area contributed by atoms with Gasteiger partial charge in [0.15, 0.2) is 0 Å². The van der Waals surface area contributed by atoms with Crippen molar-refractivity contribution in [1.29, 1.82) is 0 Å². The summed E-state index contributed by atoms with van der Waals surface area (Å²) >= 11 is 5.67. The van der Waals surface area contributed by atoms with Crippen LogP contribution in [-0.2, 0) is 14.4 Å². The fourth-order valence-corrected chi connectivity index (χ4v) is 4.54. The number of amides is 4. The molecule has 0 bridgehead atoms. The van der Waals surface area contributed by atoms with Crippen LogP contribution >= 0.6 is 11.6 Å². The Labute approximate surface area is 208 Å². The molecule has 5 N–H and O–H groups in total. The minimum Gasteiger partial charge on any atom is -0.496 e. The van der Waals surface area contributed by atoms with E-state index in [1.807, 2.05) is 12.1 Å². The number of aromatic nitrogens is 1. The molecule has 0 radical (unpaired) electrons. The van der Waals surface area contributed by atoms with Crippen LogP contribution in [0.1, 0.15) is 55.4 Å². The minimum atomic E-state index is -0.891. The monoisotopic (exact) mass is 505 g/mol. The van der Waals surface area contributed by atoms with Crippen LogP contribution in [-0.4, -0.2) is 59.2 Å². The van der Waals surface area contributed by atoms with Crippen molar-refractivity contribution < 1.29 is 23.9 Å². The lowest BCUT2D eigenvalue weighted by Gasteiger charge is -2.29. The minimum absolute atomic E-state index is 0.113. The number of nitrogens with zero attached hydrogens (tertiary/aromatic N) is 1. The summed E-state index contributed by atoms with van der Waals surface area (Å²) in [7, 11) is 1.55. The van der Waals surface area contributed by atoms with Gasteiger partial charge in [-0.3, -0.25) is 29.6 Å². The third kappa shape index (κ3) is 7.11. The van der Waals surface area contributed by atoms with Gasteiger partial charge < -0.3 is 20.8 Å². The average Bonchev–Trinajstić information content (AvgIpc) is 3.30. The number of fused-ring (bicyclic) bond motifs is 1. The molecular weight excluding hydrogens is 474 g/mol. The highest BCUT2D eigenvalue weighted by atomic mass is 35.5. The molecule has 1 aromatic carbocycles. The summed E-state index contributed by atoms with van der Waals surface area (Å²) in [6.07, 6.45) is 5.53. The quantitative estimate of drug-likeness (QED) is 0.289. The Hall–Kier alpha value is -3.27. The summed E-state index contributed by atoms with van der Waals surface area (Å²) in [6, 6.07) is 6.22. The second kappa shape index (κ2) is 12.4. The Morgan fingerprint density at radius 3 is 2.63 bits per heavy atom. The summed E-state index contributed by atoms with van der Waals surface area (Å²) < 4.78 is 5.36. The van der Waals surface area contributed by atoms with E-state index in [9.17, 15) is 19.2 Å². The molecule has 1 saturated carbocycles. The number of alkyl halides is 1. The number of hydrogen-bond donors (Lipinski definition) is 4. The van der Waals surface area contributed by atoms with Gasteiger partial charge in [0.1, 0.15) is 23.4 Å². The molecule has 0 aliphatic heterocycles. The van der Waals surface area contributed by atoms with Gasteiger partial charge in [0.05, 0.1) is 13.7 Å². The molecule has 190 valence electrons. The molecule has 35 heavy (non-hydrogen) atoms. The van der Waals surface area contributed by atoms with Crippen molar-refractivity contribution in [2.75, 3.05) is 19.5 Å². The van der Waals surface area contributed by atoms with E-state index in [0.29, 0.717) is 12.2 Å². The van der Waals surface area contributed by atoms with Crippen molar-refractivity contribution in [3.05, 3.63) is 30.0 Å². The number of nitrogens with two attached hydrogens (primary N) is 1. The molecule has 1 aliphatic carbocycles. The molecule has 10 nitrogen and oxygen atoms in total. The first kappa shape index (κ1) is 26.3. The maximum atomic E-state index is 13.2. The van der Waals surface area contributed by atoms with Gasteiger partial charge in [0.25, 0.3) is 17.7 Å². The van der Waals surface area contributed by atoms with Gasteiger partial charge in [-0.25, -0.2) is 0 Å². The van der Waals surface area contributed by atoms with E-state index in [4.69, 9.17) is 22.1 Å². The van der Waals surface area contributed by atoms with E-state index in [2.05, 4.69) is 15.7 Å². The molecular formula is C24H32ClN5O5. The van der Waals surface area contributed by atoms with Crippen LogP contribution in [0.5, 0.6) is 5.75 Å². The smallest absolute Gasteiger partial charge is 0.268 e. The first-order valence-corrected chi connectivity index (χ1v) is 12.3. The van der Waals surface area contributed by atoms with Crippen LogP contribution in [0.4, 0.5) is 0 Å². The Morgan fingerprint density at radius 1 is 1.23 bits per heavy atom. The number of hydrogen-bond acceptors (Lipinski definition) is 5. The number of carbonyl (C=O) groups excluding carboxylic acids is 4. The largest absolute Gasteiger partial charge is 0.496 e. The maximum Gasteiger partial charge on any atom is 0.268 e. The van der Waals surface area contributed by atoms with E-state index in [0.717, 1.165) is 48.0 Å². The third-order valence-electron chi connectivity index (χ3n) is 6.25.